The highest BCUT2D eigenvalue weighted by Crippen LogP contribution is 2.17. The van der Waals surface area contributed by atoms with Crippen molar-refractivity contribution in [1.82, 2.24) is 9.80 Å². The summed E-state index contributed by atoms with van der Waals surface area (Å²) in [5.74, 6) is 0.224. The van der Waals surface area contributed by atoms with Gasteiger partial charge in [-0.1, -0.05) is 19.1 Å². The first-order valence-corrected chi connectivity index (χ1v) is 8.04. The van der Waals surface area contributed by atoms with E-state index in [9.17, 15) is 4.79 Å². The van der Waals surface area contributed by atoms with Crippen molar-refractivity contribution < 1.29 is 4.79 Å². The van der Waals surface area contributed by atoms with Crippen molar-refractivity contribution >= 4 is 5.78 Å². The fourth-order valence-corrected chi connectivity index (χ4v) is 3.19. The number of hydrogen-bond donors (Lipinski definition) is 0. The molecule has 2 rings (SSSR count). The maximum Gasteiger partial charge on any atom is 0.176 e. The second kappa shape index (κ2) is 7.19. The smallest absolute Gasteiger partial charge is 0.176 e. The Kier molecular flexibility index (Phi) is 5.54. The summed E-state index contributed by atoms with van der Waals surface area (Å²) in [5, 5.41) is 0. The molecule has 0 spiro atoms. The summed E-state index contributed by atoms with van der Waals surface area (Å²) in [6.07, 6.45) is 2.55. The van der Waals surface area contributed by atoms with E-state index in [0.29, 0.717) is 12.6 Å². The lowest BCUT2D eigenvalue weighted by Crippen LogP contribution is -2.40. The molecule has 1 aliphatic rings. The minimum Gasteiger partial charge on any atom is -0.299 e. The monoisotopic (exact) mass is 288 g/mol. The number of rotatable bonds is 6. The zero-order valence-electron chi connectivity index (χ0n) is 13.9. The van der Waals surface area contributed by atoms with E-state index >= 15 is 0 Å². The molecule has 0 radical (unpaired) electrons. The molecule has 116 valence electrons. The Bertz CT molecular complexity index is 498. The minimum atomic E-state index is 0.224. The molecule has 0 N–H and O–H groups in total. The van der Waals surface area contributed by atoms with E-state index in [1.165, 1.54) is 30.5 Å². The zero-order valence-corrected chi connectivity index (χ0v) is 13.9. The summed E-state index contributed by atoms with van der Waals surface area (Å²) in [5.41, 5.74) is 3.27. The number of aryl methyl sites for hydroxylation is 2. The van der Waals surface area contributed by atoms with Gasteiger partial charge in [-0.15, -0.1) is 0 Å². The Labute approximate surface area is 128 Å². The Hall–Kier alpha value is -1.19. The van der Waals surface area contributed by atoms with Crippen LogP contribution in [0.25, 0.3) is 0 Å². The number of carbonyl (C=O) groups excluding carboxylic acids is 1. The molecule has 1 aliphatic heterocycles. The van der Waals surface area contributed by atoms with Crippen LogP contribution < -0.4 is 0 Å². The number of nitrogens with zero attached hydrogens (tertiary/aromatic N) is 2. The highest BCUT2D eigenvalue weighted by Gasteiger charge is 2.24. The molecule has 21 heavy (non-hydrogen) atoms. The zero-order chi connectivity index (χ0) is 15.4. The van der Waals surface area contributed by atoms with Crippen molar-refractivity contribution in [3.05, 3.63) is 34.9 Å². The van der Waals surface area contributed by atoms with Crippen LogP contribution >= 0.6 is 0 Å². The number of ketones is 1. The predicted octanol–water partition coefficient (Wildman–Crippen LogP) is 2.90. The maximum atomic E-state index is 12.4. The van der Waals surface area contributed by atoms with Crippen molar-refractivity contribution in [2.45, 2.75) is 39.7 Å². The molecule has 1 heterocycles. The third-order valence-electron chi connectivity index (χ3n) is 4.67. The van der Waals surface area contributed by atoms with Crippen molar-refractivity contribution in [3.63, 3.8) is 0 Å². The lowest BCUT2D eigenvalue weighted by molar-refractivity contribution is 0.0929. The maximum absolute atomic E-state index is 12.4. The first kappa shape index (κ1) is 16.2. The molecule has 1 atom stereocenters. The number of hydrogen-bond acceptors (Lipinski definition) is 3. The molecule has 3 heteroatoms. The number of carbonyl (C=O) groups is 1. The van der Waals surface area contributed by atoms with Crippen LogP contribution in [0.1, 0.15) is 41.3 Å². The van der Waals surface area contributed by atoms with Crippen LogP contribution in [0, 0.1) is 13.8 Å². The Morgan fingerprint density at radius 2 is 2.10 bits per heavy atom. The number of Topliss-reactive ketones (excluding diaryl/α,β-unsaturated/α-hetero) is 1. The Morgan fingerprint density at radius 1 is 1.33 bits per heavy atom. The molecule has 0 bridgehead atoms. The van der Waals surface area contributed by atoms with Crippen molar-refractivity contribution in [3.8, 4) is 0 Å². The second-order valence-corrected chi connectivity index (χ2v) is 6.34. The van der Waals surface area contributed by atoms with Crippen LogP contribution in [0.2, 0.25) is 0 Å². The second-order valence-electron chi connectivity index (χ2n) is 6.34. The average molecular weight is 288 g/mol. The third kappa shape index (κ3) is 4.14. The molecule has 1 fully saturated rings. The lowest BCUT2D eigenvalue weighted by Gasteiger charge is -2.27. The summed E-state index contributed by atoms with van der Waals surface area (Å²) in [6.45, 7) is 10.2. The third-order valence-corrected chi connectivity index (χ3v) is 4.67. The molecular weight excluding hydrogens is 260 g/mol. The summed E-state index contributed by atoms with van der Waals surface area (Å²) in [7, 11) is 2.06. The van der Waals surface area contributed by atoms with Crippen molar-refractivity contribution in [2.75, 3.05) is 33.2 Å². The van der Waals surface area contributed by atoms with Gasteiger partial charge in [0.05, 0.1) is 6.54 Å². The Balaban J connectivity index is 1.91. The van der Waals surface area contributed by atoms with Crippen LogP contribution in [0.3, 0.4) is 0 Å². The molecule has 1 aromatic carbocycles. The molecule has 3 nitrogen and oxygen atoms in total. The first-order chi connectivity index (χ1) is 10.0. The van der Waals surface area contributed by atoms with Crippen LogP contribution in [-0.4, -0.2) is 54.9 Å². The van der Waals surface area contributed by atoms with Gasteiger partial charge in [-0.3, -0.25) is 14.6 Å². The van der Waals surface area contributed by atoms with Gasteiger partial charge in [-0.05, 0) is 64.0 Å². The van der Waals surface area contributed by atoms with Crippen molar-refractivity contribution in [1.29, 1.82) is 0 Å². The number of benzene rings is 1. The van der Waals surface area contributed by atoms with Gasteiger partial charge >= 0.3 is 0 Å². The molecule has 1 unspecified atom stereocenters. The first-order valence-electron chi connectivity index (χ1n) is 8.04. The van der Waals surface area contributed by atoms with E-state index in [0.717, 1.165) is 18.7 Å². The molecule has 0 aliphatic carbocycles. The fourth-order valence-electron chi connectivity index (χ4n) is 3.19. The van der Waals surface area contributed by atoms with Crippen LogP contribution in [-0.2, 0) is 0 Å². The summed E-state index contributed by atoms with van der Waals surface area (Å²) < 4.78 is 0. The van der Waals surface area contributed by atoms with Gasteiger partial charge in [-0.25, -0.2) is 0 Å². The fraction of sp³-hybridized carbons (Fsp3) is 0.611. The summed E-state index contributed by atoms with van der Waals surface area (Å²) in [4.78, 5) is 17.1. The molecule has 0 aromatic heterocycles. The summed E-state index contributed by atoms with van der Waals surface area (Å²) >= 11 is 0. The standard InChI is InChI=1S/C18H28N2O/c1-5-20-10-6-7-17(20)12-19(4)13-18(21)16-9-8-14(2)15(3)11-16/h8-9,11,17H,5-7,10,12-13H2,1-4H3. The van der Waals surface area contributed by atoms with Crippen molar-refractivity contribution in [2.24, 2.45) is 0 Å². The topological polar surface area (TPSA) is 23.6 Å². The van der Waals surface area contributed by atoms with Crippen LogP contribution in [0.5, 0.6) is 0 Å². The molecule has 1 saturated heterocycles. The van der Waals surface area contributed by atoms with Gasteiger partial charge in [0, 0.05) is 18.2 Å². The number of likely N-dealkylation sites (tertiary alicyclic amines) is 1. The average Bonchev–Trinajstić information content (AvgIpc) is 2.88. The SMILES string of the molecule is CCN1CCCC1CN(C)CC(=O)c1ccc(C)c(C)c1. The highest BCUT2D eigenvalue weighted by molar-refractivity contribution is 5.97. The molecule has 0 amide bonds. The normalized spacial score (nSPS) is 19.4. The van der Waals surface area contributed by atoms with Gasteiger partial charge in [-0.2, -0.15) is 0 Å². The van der Waals surface area contributed by atoms with Crippen LogP contribution in [0.4, 0.5) is 0 Å². The molecule has 1 aromatic rings. The van der Waals surface area contributed by atoms with E-state index in [1.807, 2.05) is 18.2 Å². The van der Waals surface area contributed by atoms with Gasteiger partial charge in [0.2, 0.25) is 0 Å². The largest absolute Gasteiger partial charge is 0.299 e. The van der Waals surface area contributed by atoms with E-state index in [4.69, 9.17) is 0 Å². The number of likely N-dealkylation sites (N-methyl/N-ethyl adjacent to an activating group) is 2. The van der Waals surface area contributed by atoms with E-state index < -0.39 is 0 Å². The van der Waals surface area contributed by atoms with Gasteiger partial charge in [0.25, 0.3) is 0 Å². The van der Waals surface area contributed by atoms with Crippen LogP contribution in [0.15, 0.2) is 18.2 Å². The minimum absolute atomic E-state index is 0.224. The summed E-state index contributed by atoms with van der Waals surface area (Å²) in [6, 6.07) is 6.62. The highest BCUT2D eigenvalue weighted by atomic mass is 16.1. The van der Waals surface area contributed by atoms with Gasteiger partial charge < -0.3 is 0 Å². The molecular formula is C18H28N2O. The van der Waals surface area contributed by atoms with E-state index in [2.05, 4.69) is 37.6 Å². The van der Waals surface area contributed by atoms with E-state index in [1.54, 1.807) is 0 Å². The van der Waals surface area contributed by atoms with E-state index in [-0.39, 0.29) is 5.78 Å². The van der Waals surface area contributed by atoms with Gasteiger partial charge in [0.15, 0.2) is 5.78 Å². The molecule has 0 saturated carbocycles. The Morgan fingerprint density at radius 3 is 2.76 bits per heavy atom. The quantitative estimate of drug-likeness (QED) is 0.752. The van der Waals surface area contributed by atoms with Gasteiger partial charge in [0.1, 0.15) is 0 Å². The lowest BCUT2D eigenvalue weighted by atomic mass is 10.0. The predicted molar refractivity (Wildman–Crippen MR) is 88.0 cm³/mol.